The topological polar surface area (TPSA) is 17.1 Å². The number of hydrogen-bond donors (Lipinski definition) is 0. The fraction of sp³-hybridized carbons (Fsp3) is 0.667. The average molecular weight is 218 g/mol. The summed E-state index contributed by atoms with van der Waals surface area (Å²) in [6, 6.07) is 0. The van der Waals surface area contributed by atoms with E-state index in [-0.39, 0.29) is 5.41 Å². The fourth-order valence-electron chi connectivity index (χ4n) is 3.03. The highest BCUT2D eigenvalue weighted by atomic mass is 16.1. The van der Waals surface area contributed by atoms with E-state index in [2.05, 4.69) is 32.9 Å². The highest BCUT2D eigenvalue weighted by molar-refractivity contribution is 5.66. The van der Waals surface area contributed by atoms with Crippen molar-refractivity contribution in [1.82, 2.24) is 0 Å². The lowest BCUT2D eigenvalue weighted by atomic mass is 10.0. The normalized spacial score (nSPS) is 42.4. The lowest BCUT2D eigenvalue weighted by molar-refractivity contribution is -0.112. The van der Waals surface area contributed by atoms with Crippen LogP contribution in [0.1, 0.15) is 46.5 Å². The van der Waals surface area contributed by atoms with Gasteiger partial charge in [-0.2, -0.15) is 0 Å². The molecule has 0 amide bonds. The van der Waals surface area contributed by atoms with Gasteiger partial charge in [0, 0.05) is 5.41 Å². The summed E-state index contributed by atoms with van der Waals surface area (Å²) in [5.74, 6) is 1.09. The van der Waals surface area contributed by atoms with Gasteiger partial charge in [-0.1, -0.05) is 30.2 Å². The number of allylic oxidation sites excluding steroid dienone is 4. The van der Waals surface area contributed by atoms with Gasteiger partial charge in [0.15, 0.2) is 0 Å². The molecule has 16 heavy (non-hydrogen) atoms. The Kier molecular flexibility index (Phi) is 3.05. The quantitative estimate of drug-likeness (QED) is 0.482. The Labute approximate surface area is 98.6 Å². The van der Waals surface area contributed by atoms with Crippen LogP contribution in [0.5, 0.6) is 0 Å². The van der Waals surface area contributed by atoms with E-state index in [1.807, 2.05) is 0 Å². The maximum absolute atomic E-state index is 11.2. The summed E-state index contributed by atoms with van der Waals surface area (Å²) in [4.78, 5) is 11.2. The molecule has 0 aliphatic heterocycles. The molecule has 1 heteroatoms. The largest absolute Gasteiger partial charge is 0.303 e. The minimum Gasteiger partial charge on any atom is -0.303 e. The van der Waals surface area contributed by atoms with Crippen molar-refractivity contribution in [2.24, 2.45) is 17.3 Å². The summed E-state index contributed by atoms with van der Waals surface area (Å²) in [5, 5.41) is 0. The molecule has 2 aliphatic rings. The van der Waals surface area contributed by atoms with Crippen molar-refractivity contribution in [1.29, 1.82) is 0 Å². The van der Waals surface area contributed by atoms with E-state index in [0.717, 1.165) is 19.3 Å². The molecule has 2 aliphatic carbocycles. The molecule has 1 unspecified atom stereocenters. The molecular formula is C15H22O. The second kappa shape index (κ2) is 4.20. The van der Waals surface area contributed by atoms with Crippen molar-refractivity contribution < 1.29 is 4.79 Å². The molecule has 0 aromatic carbocycles. The van der Waals surface area contributed by atoms with Crippen molar-refractivity contribution >= 4 is 6.29 Å². The van der Waals surface area contributed by atoms with Crippen molar-refractivity contribution in [3.8, 4) is 0 Å². The van der Waals surface area contributed by atoms with Crippen LogP contribution >= 0.6 is 0 Å². The third-order valence-electron chi connectivity index (χ3n) is 4.44. The van der Waals surface area contributed by atoms with Crippen molar-refractivity contribution in [2.75, 3.05) is 0 Å². The van der Waals surface area contributed by atoms with E-state index < -0.39 is 0 Å². The average Bonchev–Trinajstić information content (AvgIpc) is 2.81. The van der Waals surface area contributed by atoms with Gasteiger partial charge in [-0.25, -0.2) is 0 Å². The molecule has 1 saturated carbocycles. The van der Waals surface area contributed by atoms with Gasteiger partial charge in [-0.15, -0.1) is 0 Å². The molecule has 0 aromatic rings. The lowest BCUT2D eigenvalue weighted by Crippen LogP contribution is -2.00. The van der Waals surface area contributed by atoms with E-state index in [4.69, 9.17) is 0 Å². The maximum atomic E-state index is 11.2. The van der Waals surface area contributed by atoms with Gasteiger partial charge in [0.1, 0.15) is 6.29 Å². The number of rotatable bonds is 1. The fourth-order valence-corrected chi connectivity index (χ4v) is 3.03. The van der Waals surface area contributed by atoms with E-state index in [1.54, 1.807) is 0 Å². The summed E-state index contributed by atoms with van der Waals surface area (Å²) in [7, 11) is 0. The number of aldehydes is 1. The standard InChI is InChI=1S/C15H22O/c1-11-5-4-6-12(2)9-14-13(8-7-11)15(14,3)10-16/h5,9-10,13-14H,4,6-8H2,1-3H3/b11-5?,12-9+/t13-,14+,15?/m0/s1. The highest BCUT2D eigenvalue weighted by Gasteiger charge is 2.59. The molecule has 1 fully saturated rings. The lowest BCUT2D eigenvalue weighted by Gasteiger charge is -2.05. The molecule has 0 saturated heterocycles. The Morgan fingerprint density at radius 3 is 2.75 bits per heavy atom. The first-order chi connectivity index (χ1) is 7.58. The molecule has 0 spiro atoms. The van der Waals surface area contributed by atoms with Gasteiger partial charge in [0.2, 0.25) is 0 Å². The summed E-state index contributed by atoms with van der Waals surface area (Å²) in [6.07, 6.45) is 10.5. The van der Waals surface area contributed by atoms with Crippen LogP contribution in [-0.2, 0) is 4.79 Å². The van der Waals surface area contributed by atoms with E-state index in [0.29, 0.717) is 11.8 Å². The van der Waals surface area contributed by atoms with Crippen LogP contribution in [0.15, 0.2) is 23.3 Å². The van der Waals surface area contributed by atoms with Crippen LogP contribution in [-0.4, -0.2) is 6.29 Å². The number of fused-ring (bicyclic) bond motifs is 1. The molecule has 1 nitrogen and oxygen atoms in total. The zero-order chi connectivity index (χ0) is 11.8. The van der Waals surface area contributed by atoms with Crippen molar-refractivity contribution in [2.45, 2.75) is 46.5 Å². The molecule has 3 atom stereocenters. The van der Waals surface area contributed by atoms with Gasteiger partial charge in [0.05, 0.1) is 0 Å². The Balaban J connectivity index is 2.18. The molecule has 0 bridgehead atoms. The minimum atomic E-state index is -0.0636. The molecule has 0 radical (unpaired) electrons. The third kappa shape index (κ3) is 2.00. The zero-order valence-corrected chi connectivity index (χ0v) is 10.6. The van der Waals surface area contributed by atoms with Crippen LogP contribution < -0.4 is 0 Å². The predicted octanol–water partition coefficient (Wildman–Crippen LogP) is 3.90. The summed E-state index contributed by atoms with van der Waals surface area (Å²) >= 11 is 0. The van der Waals surface area contributed by atoms with Gasteiger partial charge in [-0.05, 0) is 51.4 Å². The third-order valence-corrected chi connectivity index (χ3v) is 4.44. The second-order valence-electron chi connectivity index (χ2n) is 5.76. The molecular weight excluding hydrogens is 196 g/mol. The molecule has 0 heterocycles. The molecule has 88 valence electrons. The first-order valence-electron chi connectivity index (χ1n) is 6.37. The summed E-state index contributed by atoms with van der Waals surface area (Å²) < 4.78 is 0. The second-order valence-corrected chi connectivity index (χ2v) is 5.76. The Morgan fingerprint density at radius 1 is 1.31 bits per heavy atom. The first kappa shape index (κ1) is 11.6. The van der Waals surface area contributed by atoms with Crippen LogP contribution in [0.2, 0.25) is 0 Å². The Hall–Kier alpha value is -0.850. The van der Waals surface area contributed by atoms with Crippen LogP contribution in [0.25, 0.3) is 0 Å². The van der Waals surface area contributed by atoms with Crippen LogP contribution in [0.3, 0.4) is 0 Å². The number of carbonyl (C=O) groups excluding carboxylic acids is 1. The molecule has 0 N–H and O–H groups in total. The van der Waals surface area contributed by atoms with E-state index in [9.17, 15) is 4.79 Å². The van der Waals surface area contributed by atoms with Crippen molar-refractivity contribution in [3.05, 3.63) is 23.3 Å². The molecule has 0 aromatic heterocycles. The summed E-state index contributed by atoms with van der Waals surface area (Å²) in [5.41, 5.74) is 2.88. The van der Waals surface area contributed by atoms with Gasteiger partial charge in [0.25, 0.3) is 0 Å². The maximum Gasteiger partial charge on any atom is 0.126 e. The highest BCUT2D eigenvalue weighted by Crippen LogP contribution is 2.60. The SMILES string of the molecule is CC1=CCC/C(C)=C/[C@@H]2[C@H](CC1)C2(C)C=O. The first-order valence-corrected chi connectivity index (χ1v) is 6.37. The zero-order valence-electron chi connectivity index (χ0n) is 10.6. The Morgan fingerprint density at radius 2 is 2.06 bits per heavy atom. The van der Waals surface area contributed by atoms with E-state index >= 15 is 0 Å². The predicted molar refractivity (Wildman–Crippen MR) is 67.1 cm³/mol. The Bertz CT molecular complexity index is 350. The number of carbonyl (C=O) groups is 1. The van der Waals surface area contributed by atoms with Gasteiger partial charge < -0.3 is 4.79 Å². The van der Waals surface area contributed by atoms with Crippen LogP contribution in [0.4, 0.5) is 0 Å². The van der Waals surface area contributed by atoms with E-state index in [1.165, 1.54) is 23.9 Å². The monoisotopic (exact) mass is 218 g/mol. The number of hydrogen-bond acceptors (Lipinski definition) is 1. The molecule has 2 rings (SSSR count). The van der Waals surface area contributed by atoms with Gasteiger partial charge in [-0.3, -0.25) is 0 Å². The van der Waals surface area contributed by atoms with Gasteiger partial charge >= 0.3 is 0 Å². The minimum absolute atomic E-state index is 0.0636. The van der Waals surface area contributed by atoms with Crippen molar-refractivity contribution in [3.63, 3.8) is 0 Å². The summed E-state index contributed by atoms with van der Waals surface area (Å²) in [6.45, 7) is 6.54. The van der Waals surface area contributed by atoms with Crippen LogP contribution in [0, 0.1) is 17.3 Å². The smallest absolute Gasteiger partial charge is 0.126 e.